The number of amides is 2. The third-order valence-electron chi connectivity index (χ3n) is 14.2. The number of halogens is 2. The molecular weight excluding hydrogens is 1100 g/mol. The van der Waals surface area contributed by atoms with E-state index in [-0.39, 0.29) is 47.1 Å². The molecule has 21 nitrogen and oxygen atoms in total. The van der Waals surface area contributed by atoms with Gasteiger partial charge in [0.1, 0.15) is 48.6 Å². The van der Waals surface area contributed by atoms with Gasteiger partial charge in [-0.3, -0.25) is 18.7 Å². The molecule has 25 heteroatoms. The van der Waals surface area contributed by atoms with E-state index in [0.29, 0.717) is 45.7 Å². The molecule has 6 heterocycles. The number of benzene rings is 5. The fourth-order valence-corrected chi connectivity index (χ4v) is 11.2. The van der Waals surface area contributed by atoms with Gasteiger partial charge in [-0.1, -0.05) is 97.9 Å². The predicted molar refractivity (Wildman–Crippen MR) is 310 cm³/mol. The summed E-state index contributed by atoms with van der Waals surface area (Å²) in [5.74, 6) is 0.496. The molecule has 0 saturated carbocycles. The van der Waals surface area contributed by atoms with Crippen LogP contribution in [0.3, 0.4) is 0 Å². The molecule has 11 rings (SSSR count). The molecule has 0 radical (unpaired) electrons. The van der Waals surface area contributed by atoms with Crippen LogP contribution in [0, 0.1) is 6.57 Å². The molecule has 2 aliphatic heterocycles. The Morgan fingerprint density at radius 3 is 1.63 bits per heavy atom. The molecule has 4 aromatic heterocycles. The number of hydrogen-bond acceptors (Lipinski definition) is 16. The molecule has 430 valence electrons. The van der Waals surface area contributed by atoms with Crippen molar-refractivity contribution in [3.05, 3.63) is 204 Å². The third-order valence-corrected chi connectivity index (χ3v) is 15.3. The van der Waals surface area contributed by atoms with Crippen LogP contribution in [0.4, 0.5) is 20.4 Å². The number of aromatic nitrogens is 8. The highest BCUT2D eigenvalue weighted by atomic mass is 31.2. The van der Waals surface area contributed by atoms with Crippen LogP contribution in [0.2, 0.25) is 0 Å². The van der Waals surface area contributed by atoms with E-state index < -0.39 is 88.6 Å². The topological polar surface area (TPSA) is 224 Å². The van der Waals surface area contributed by atoms with Gasteiger partial charge in [0.15, 0.2) is 71.5 Å². The number of ether oxygens (including phenoxy) is 5. The van der Waals surface area contributed by atoms with E-state index in [1.54, 1.807) is 99.1 Å². The second-order valence-electron chi connectivity index (χ2n) is 19.1. The summed E-state index contributed by atoms with van der Waals surface area (Å²) in [7, 11) is -1.59. The van der Waals surface area contributed by atoms with E-state index in [4.69, 9.17) is 43.8 Å². The smallest absolute Gasteiger partial charge is 0.256 e. The van der Waals surface area contributed by atoms with E-state index >= 15 is 8.78 Å². The Kier molecular flexibility index (Phi) is 17.1. The van der Waals surface area contributed by atoms with Crippen molar-refractivity contribution in [2.45, 2.75) is 68.2 Å². The summed E-state index contributed by atoms with van der Waals surface area (Å²) in [4.78, 5) is 56.8. The highest BCUT2D eigenvalue weighted by molar-refractivity contribution is 7.85. The van der Waals surface area contributed by atoms with Gasteiger partial charge in [-0.2, -0.15) is 0 Å². The lowest BCUT2D eigenvalue weighted by Crippen LogP contribution is -2.43. The quantitative estimate of drug-likeness (QED) is 0.0213. The molecular formula is C59H57BF2N11O10P. The summed E-state index contributed by atoms with van der Waals surface area (Å²) >= 11 is 0. The number of rotatable bonds is 22. The fraction of sp³-hybridized carbons (Fsp3) is 0.271. The Labute approximate surface area is 482 Å². The van der Waals surface area contributed by atoms with E-state index in [2.05, 4.69) is 45.4 Å². The number of nitrogens with one attached hydrogen (secondary N) is 2. The van der Waals surface area contributed by atoms with Crippen molar-refractivity contribution in [2.24, 2.45) is 0 Å². The highest BCUT2D eigenvalue weighted by Crippen LogP contribution is 2.61. The minimum absolute atomic E-state index is 0.0597. The fourth-order valence-electron chi connectivity index (χ4n) is 10.1. The molecule has 2 aliphatic rings. The lowest BCUT2D eigenvalue weighted by Gasteiger charge is -2.39. The number of alkyl halides is 2. The van der Waals surface area contributed by atoms with Crippen LogP contribution in [0.25, 0.3) is 27.2 Å². The number of anilines is 2. The molecule has 6 unspecified atom stereocenters. The monoisotopic (exact) mass is 1160 g/mol. The van der Waals surface area contributed by atoms with Gasteiger partial charge in [0.25, 0.3) is 11.8 Å². The largest absolute Gasteiger partial charge is 0.497 e. The number of imidazole rings is 2. The first-order valence-electron chi connectivity index (χ1n) is 26.4. The standard InChI is InChI=1S/C59H57BF2N11O10P/c1-5-43-49(46(62)57(80-43)72-34-68-47-51(64-32-66-53(47)72)70-55(74)36-15-9-6-10-16-36)83-84(60,78-30-29-63-2)79-31-44-45(61)50(58(81-44)73-35-69-48-52(65-33-67-54(48)73)71-56(75)37-17-11-7-12-18-37)82-59(38-19-13-8-14-20-38,39-21-25-41(76-3)26-22-39)40-23-27-42(77-4)28-24-40/h6-28,32-35,43-46,49-50,57-58H,5,29-31H2,1,3-4,60H3,(H,64,66,70,74)(H,65,67,71,75)/t43-,44?,45?,46?,49+,50?,57-,58?,84?/m1/s1. The summed E-state index contributed by atoms with van der Waals surface area (Å²) in [6, 6.07) is 41.1. The van der Waals surface area contributed by atoms with Gasteiger partial charge in [-0.25, -0.2) is 58.8 Å². The molecule has 84 heavy (non-hydrogen) atoms. The predicted octanol–water partition coefficient (Wildman–Crippen LogP) is 8.83. The Morgan fingerprint density at radius 2 is 1.13 bits per heavy atom. The molecule has 9 atom stereocenters. The van der Waals surface area contributed by atoms with Crippen molar-refractivity contribution in [3.8, 4) is 11.5 Å². The van der Waals surface area contributed by atoms with Crippen LogP contribution in [0.5, 0.6) is 11.5 Å². The third kappa shape index (κ3) is 11.4. The van der Waals surface area contributed by atoms with Gasteiger partial charge in [0.05, 0.1) is 33.0 Å². The van der Waals surface area contributed by atoms with Gasteiger partial charge in [0, 0.05) is 11.1 Å². The number of nitrogens with zero attached hydrogens (tertiary/aromatic N) is 9. The van der Waals surface area contributed by atoms with Crippen molar-refractivity contribution in [3.63, 3.8) is 0 Å². The molecule has 9 aromatic rings. The first-order chi connectivity index (χ1) is 40.9. The average Bonchev–Trinajstić information content (AvgIpc) is 1.79. The van der Waals surface area contributed by atoms with Crippen LogP contribution in [0.1, 0.15) is 63.2 Å². The van der Waals surface area contributed by atoms with Crippen molar-refractivity contribution in [1.82, 2.24) is 39.0 Å². The minimum Gasteiger partial charge on any atom is -0.497 e. The summed E-state index contributed by atoms with van der Waals surface area (Å²) in [6.45, 7) is 8.74. The Bertz CT molecular complexity index is 3740. The van der Waals surface area contributed by atoms with Gasteiger partial charge in [-0.15, -0.1) is 0 Å². The summed E-state index contributed by atoms with van der Waals surface area (Å²) < 4.78 is 90.5. The number of carbonyl (C=O) groups excluding carboxylic acids is 2. The minimum atomic E-state index is -3.51. The van der Waals surface area contributed by atoms with Crippen LogP contribution in [-0.4, -0.2) is 129 Å². The molecule has 0 aliphatic carbocycles. The number of fused-ring (bicyclic) bond motifs is 2. The van der Waals surface area contributed by atoms with Gasteiger partial charge < -0.3 is 39.2 Å². The second kappa shape index (κ2) is 25.1. The lowest BCUT2D eigenvalue weighted by molar-refractivity contribution is -0.115. The molecule has 5 aromatic carbocycles. The normalized spacial score (nSPS) is 21.2. The Balaban J connectivity index is 0.936. The zero-order chi connectivity index (χ0) is 58.4. The van der Waals surface area contributed by atoms with E-state index in [1.165, 1.54) is 34.4 Å². The summed E-state index contributed by atoms with van der Waals surface area (Å²) in [6.07, 6.45) is -5.91. The molecule has 0 bridgehead atoms. The zero-order valence-electron chi connectivity index (χ0n) is 44.8. The summed E-state index contributed by atoms with van der Waals surface area (Å²) in [5, 5.41) is 5.61. The molecule has 2 fully saturated rings. The van der Waals surface area contributed by atoms with E-state index in [1.807, 2.05) is 61.5 Å². The van der Waals surface area contributed by atoms with Crippen LogP contribution in [0.15, 0.2) is 165 Å². The van der Waals surface area contributed by atoms with Gasteiger partial charge >= 0.3 is 0 Å². The molecule has 2 amide bonds. The highest BCUT2D eigenvalue weighted by Gasteiger charge is 2.56. The van der Waals surface area contributed by atoms with Crippen molar-refractivity contribution in [1.29, 1.82) is 0 Å². The maximum Gasteiger partial charge on any atom is 0.256 e. The van der Waals surface area contributed by atoms with Crippen molar-refractivity contribution >= 4 is 61.2 Å². The lowest BCUT2D eigenvalue weighted by atomic mass is 9.79. The van der Waals surface area contributed by atoms with Crippen LogP contribution < -0.4 is 20.1 Å². The molecule has 2 N–H and O–H groups in total. The summed E-state index contributed by atoms with van der Waals surface area (Å²) in [5.41, 5.74) is 1.84. The maximum absolute atomic E-state index is 18.5. The SMILES string of the molecule is [BH3-][P+](OCC[N+]#[C-])(OCC1OC(n2cnc3c(NC(=O)c4ccccc4)ncnc32)C(OC(c2ccccc2)(c2ccc(OC)cc2)c2ccc(OC)cc2)C1F)O[C@@H]1C(F)[C@H](n2cnc3c(NC(=O)c4ccccc4)ncnc32)O[C@@H]1CC. The first kappa shape index (κ1) is 57.2. The zero-order valence-corrected chi connectivity index (χ0v) is 45.7. The first-order valence-corrected chi connectivity index (χ1v) is 27.5. The van der Waals surface area contributed by atoms with Crippen molar-refractivity contribution < 1.29 is 55.6 Å². The van der Waals surface area contributed by atoms with Crippen LogP contribution >= 0.6 is 7.82 Å². The number of carbonyl (C=O) groups is 2. The Hall–Kier alpha value is -8.66. The van der Waals surface area contributed by atoms with E-state index in [9.17, 15) is 9.59 Å². The van der Waals surface area contributed by atoms with Gasteiger partial charge in [-0.05, 0) is 71.6 Å². The van der Waals surface area contributed by atoms with Gasteiger partial charge in [0.2, 0.25) is 21.9 Å². The average molecular weight is 1160 g/mol. The number of hydrogen-bond donors (Lipinski definition) is 2. The maximum atomic E-state index is 18.5. The molecule has 2 saturated heterocycles. The number of methoxy groups -OCH3 is 2. The van der Waals surface area contributed by atoms with Crippen LogP contribution in [-0.2, 0) is 33.4 Å². The second-order valence-corrected chi connectivity index (χ2v) is 20.2. The van der Waals surface area contributed by atoms with Crippen molar-refractivity contribution in [2.75, 3.05) is 44.6 Å². The molecule has 0 spiro atoms. The Morgan fingerprint density at radius 1 is 0.643 bits per heavy atom. The van der Waals surface area contributed by atoms with E-state index in [0.717, 1.165) is 0 Å².